The molecule has 3 N–H and O–H groups in total. The molecule has 18 heavy (non-hydrogen) atoms. The number of thioether (sulfide) groups is 1. The van der Waals surface area contributed by atoms with E-state index in [2.05, 4.69) is 10.4 Å². The minimum Gasteiger partial charge on any atom is -0.353 e. The molecule has 0 radical (unpaired) electrons. The number of hydrazine groups is 1. The number of nitrogens with one attached hydrogen (secondary N) is 1. The number of hydrogen-bond donors (Lipinski definition) is 2. The van der Waals surface area contributed by atoms with Crippen LogP contribution in [0.3, 0.4) is 0 Å². The Morgan fingerprint density at radius 2 is 2.17 bits per heavy atom. The molecule has 1 heterocycles. The number of anilines is 2. The van der Waals surface area contributed by atoms with E-state index in [0.717, 1.165) is 18.2 Å². The van der Waals surface area contributed by atoms with E-state index < -0.39 is 11.6 Å². The van der Waals surface area contributed by atoms with Crippen molar-refractivity contribution in [3.8, 4) is 0 Å². The first kappa shape index (κ1) is 15.0. The zero-order valence-electron chi connectivity index (χ0n) is 10.7. The van der Waals surface area contributed by atoms with Crippen molar-refractivity contribution >= 4 is 23.4 Å². The molecule has 0 fully saturated rings. The van der Waals surface area contributed by atoms with Gasteiger partial charge in [0.15, 0.2) is 23.3 Å². The Morgan fingerprint density at radius 1 is 1.50 bits per heavy atom. The van der Waals surface area contributed by atoms with E-state index in [9.17, 15) is 8.78 Å². The van der Waals surface area contributed by atoms with Crippen molar-refractivity contribution < 1.29 is 8.78 Å². The summed E-state index contributed by atoms with van der Waals surface area (Å²) in [5.41, 5.74) is 2.12. The van der Waals surface area contributed by atoms with E-state index >= 15 is 0 Å². The molecule has 4 nitrogen and oxygen atoms in total. The van der Waals surface area contributed by atoms with E-state index in [0.29, 0.717) is 0 Å². The van der Waals surface area contributed by atoms with Crippen LogP contribution in [0.5, 0.6) is 0 Å². The molecule has 0 bridgehead atoms. The highest BCUT2D eigenvalue weighted by atomic mass is 32.2. The largest absolute Gasteiger partial charge is 0.353 e. The van der Waals surface area contributed by atoms with E-state index in [4.69, 9.17) is 5.84 Å². The van der Waals surface area contributed by atoms with Crippen LogP contribution in [0, 0.1) is 11.6 Å². The fourth-order valence-electron chi connectivity index (χ4n) is 1.67. The van der Waals surface area contributed by atoms with Crippen LogP contribution in [0.2, 0.25) is 0 Å². The molecule has 102 valence electrons. The SMILES string of the molecule is CCC(CSC)N(C)c1nc(NN)c(F)cc1F. The number of pyridine rings is 1. The lowest BCUT2D eigenvalue weighted by molar-refractivity contribution is 0.562. The van der Waals surface area contributed by atoms with Crippen LogP contribution < -0.4 is 16.2 Å². The summed E-state index contributed by atoms with van der Waals surface area (Å²) in [4.78, 5) is 5.59. The van der Waals surface area contributed by atoms with Gasteiger partial charge < -0.3 is 10.3 Å². The van der Waals surface area contributed by atoms with Gasteiger partial charge in [0, 0.05) is 24.9 Å². The molecule has 0 amide bonds. The Bertz CT molecular complexity index is 403. The van der Waals surface area contributed by atoms with Crippen molar-refractivity contribution in [2.24, 2.45) is 5.84 Å². The summed E-state index contributed by atoms with van der Waals surface area (Å²) in [6.07, 6.45) is 2.83. The van der Waals surface area contributed by atoms with Crippen LogP contribution >= 0.6 is 11.8 Å². The number of nitrogens with zero attached hydrogens (tertiary/aromatic N) is 2. The van der Waals surface area contributed by atoms with Crippen molar-refractivity contribution in [1.82, 2.24) is 4.98 Å². The maximum absolute atomic E-state index is 13.7. The van der Waals surface area contributed by atoms with Gasteiger partial charge in [0.25, 0.3) is 0 Å². The maximum Gasteiger partial charge on any atom is 0.178 e. The average molecular weight is 276 g/mol. The number of nitrogen functional groups attached to an aromatic ring is 1. The Balaban J connectivity index is 3.07. The lowest BCUT2D eigenvalue weighted by Gasteiger charge is -2.28. The standard InChI is InChI=1S/C11H18F2N4S/c1-4-7(6-18-3)17(2)11-9(13)5-8(12)10(15-11)16-14/h5,7H,4,6,14H2,1-3H3,(H,15,16). The van der Waals surface area contributed by atoms with Crippen LogP contribution in [0.4, 0.5) is 20.4 Å². The molecular weight excluding hydrogens is 258 g/mol. The quantitative estimate of drug-likeness (QED) is 0.616. The summed E-state index contributed by atoms with van der Waals surface area (Å²) < 4.78 is 27.0. The summed E-state index contributed by atoms with van der Waals surface area (Å²) >= 11 is 1.67. The highest BCUT2D eigenvalue weighted by molar-refractivity contribution is 7.98. The van der Waals surface area contributed by atoms with Crippen molar-refractivity contribution in [3.05, 3.63) is 17.7 Å². The van der Waals surface area contributed by atoms with E-state index in [-0.39, 0.29) is 17.7 Å². The summed E-state index contributed by atoms with van der Waals surface area (Å²) in [5.74, 6) is 4.44. The molecule has 0 aliphatic heterocycles. The van der Waals surface area contributed by atoms with E-state index in [1.165, 1.54) is 0 Å². The monoisotopic (exact) mass is 276 g/mol. The molecule has 0 saturated carbocycles. The Morgan fingerprint density at radius 3 is 2.67 bits per heavy atom. The van der Waals surface area contributed by atoms with Gasteiger partial charge in [-0.3, -0.25) is 0 Å². The molecule has 0 saturated heterocycles. The van der Waals surface area contributed by atoms with Gasteiger partial charge in [-0.15, -0.1) is 0 Å². The van der Waals surface area contributed by atoms with Crippen molar-refractivity contribution in [2.75, 3.05) is 29.4 Å². The molecule has 0 spiro atoms. The number of rotatable bonds is 6. The van der Waals surface area contributed by atoms with Crippen LogP contribution in [-0.4, -0.2) is 30.1 Å². The lowest BCUT2D eigenvalue weighted by atomic mass is 10.2. The van der Waals surface area contributed by atoms with Gasteiger partial charge in [-0.1, -0.05) is 6.92 Å². The van der Waals surface area contributed by atoms with Crippen molar-refractivity contribution in [2.45, 2.75) is 19.4 Å². The fourth-order valence-corrected chi connectivity index (χ4v) is 2.52. The predicted octanol–water partition coefficient (Wildman–Crippen LogP) is 2.22. The normalized spacial score (nSPS) is 12.3. The molecule has 0 aromatic carbocycles. The molecule has 7 heteroatoms. The smallest absolute Gasteiger partial charge is 0.178 e. The minimum absolute atomic E-state index is 0.102. The highest BCUT2D eigenvalue weighted by Crippen LogP contribution is 2.24. The second-order valence-electron chi connectivity index (χ2n) is 3.90. The van der Waals surface area contributed by atoms with Crippen LogP contribution in [0.15, 0.2) is 6.07 Å². The molecular formula is C11H18F2N4S. The first-order valence-electron chi connectivity index (χ1n) is 5.59. The number of halogens is 2. The van der Waals surface area contributed by atoms with E-state index in [1.807, 2.05) is 13.2 Å². The van der Waals surface area contributed by atoms with Gasteiger partial charge in [0.1, 0.15) is 0 Å². The van der Waals surface area contributed by atoms with Gasteiger partial charge in [0.2, 0.25) is 0 Å². The molecule has 1 aromatic rings. The second kappa shape index (κ2) is 6.75. The third kappa shape index (κ3) is 3.23. The van der Waals surface area contributed by atoms with Gasteiger partial charge in [-0.2, -0.15) is 11.8 Å². The van der Waals surface area contributed by atoms with Gasteiger partial charge in [0.05, 0.1) is 0 Å². The summed E-state index contributed by atoms with van der Waals surface area (Å²) in [6.45, 7) is 2.01. The third-order valence-electron chi connectivity index (χ3n) is 2.76. The first-order valence-corrected chi connectivity index (χ1v) is 6.98. The van der Waals surface area contributed by atoms with Gasteiger partial charge in [-0.05, 0) is 12.7 Å². The molecule has 1 unspecified atom stereocenters. The molecule has 0 aliphatic carbocycles. The van der Waals surface area contributed by atoms with Crippen LogP contribution in [-0.2, 0) is 0 Å². The number of hydrogen-bond acceptors (Lipinski definition) is 5. The molecule has 1 rings (SSSR count). The molecule has 1 aromatic heterocycles. The third-order valence-corrected chi connectivity index (χ3v) is 3.48. The van der Waals surface area contributed by atoms with Gasteiger partial charge >= 0.3 is 0 Å². The van der Waals surface area contributed by atoms with Crippen molar-refractivity contribution in [1.29, 1.82) is 0 Å². The van der Waals surface area contributed by atoms with Crippen molar-refractivity contribution in [3.63, 3.8) is 0 Å². The highest BCUT2D eigenvalue weighted by Gasteiger charge is 2.20. The summed E-state index contributed by atoms with van der Waals surface area (Å²) in [5, 5.41) is 0. The van der Waals surface area contributed by atoms with E-state index in [1.54, 1.807) is 23.7 Å². The summed E-state index contributed by atoms with van der Waals surface area (Å²) in [7, 11) is 1.74. The van der Waals surface area contributed by atoms with Gasteiger partial charge in [-0.25, -0.2) is 19.6 Å². The molecule has 1 atom stereocenters. The number of aromatic nitrogens is 1. The molecule has 0 aliphatic rings. The Kier molecular flexibility index (Phi) is 5.61. The Labute approximate surface area is 110 Å². The predicted molar refractivity (Wildman–Crippen MR) is 72.8 cm³/mol. The maximum atomic E-state index is 13.7. The number of nitrogens with two attached hydrogens (primary N) is 1. The minimum atomic E-state index is -0.801. The average Bonchev–Trinajstić information content (AvgIpc) is 2.35. The van der Waals surface area contributed by atoms with Crippen LogP contribution in [0.25, 0.3) is 0 Å². The van der Waals surface area contributed by atoms with Crippen LogP contribution in [0.1, 0.15) is 13.3 Å². The fraction of sp³-hybridized carbons (Fsp3) is 0.545. The lowest BCUT2D eigenvalue weighted by Crippen LogP contribution is -2.34. The first-order chi connectivity index (χ1) is 8.54. The second-order valence-corrected chi connectivity index (χ2v) is 4.81. The topological polar surface area (TPSA) is 54.2 Å². The summed E-state index contributed by atoms with van der Waals surface area (Å²) in [6, 6.07) is 0.929. The Hall–Kier alpha value is -1.08. The zero-order chi connectivity index (χ0) is 13.7. The zero-order valence-corrected chi connectivity index (χ0v) is 11.5.